The number of hydrogen-bond acceptors (Lipinski definition) is 4. The quantitative estimate of drug-likeness (QED) is 0.232. The summed E-state index contributed by atoms with van der Waals surface area (Å²) in [5, 5.41) is 15.8. The summed E-state index contributed by atoms with van der Waals surface area (Å²) in [4.78, 5) is 18.0. The van der Waals surface area contributed by atoms with Crippen LogP contribution in [0.5, 0.6) is 0 Å². The van der Waals surface area contributed by atoms with Crippen molar-refractivity contribution in [3.05, 3.63) is 0 Å². The lowest BCUT2D eigenvalue weighted by atomic mass is 10.6. The molecular weight excluding hydrogens is 192 g/mol. The molecule has 0 rings (SSSR count). The fourth-order valence-electron chi connectivity index (χ4n) is 0.112. The van der Waals surface area contributed by atoms with Crippen LogP contribution in [0.3, 0.4) is 0 Å². The van der Waals surface area contributed by atoms with Gasteiger partial charge in [0, 0.05) is 0 Å². The highest BCUT2D eigenvalue weighted by molar-refractivity contribution is 5.69. The van der Waals surface area contributed by atoms with E-state index in [9.17, 15) is 0 Å². The Morgan fingerprint density at radius 1 is 0.857 bits per heavy atom. The molecule has 0 aliphatic rings. The van der Waals surface area contributed by atoms with Crippen molar-refractivity contribution in [2.45, 2.75) is 0 Å². The summed E-state index contributed by atoms with van der Waals surface area (Å²) in [6.45, 7) is -0.332. The number of urea groups is 2. The number of aliphatic hydroxyl groups excluding tert-OH is 2. The molecule has 0 aromatic heterocycles. The van der Waals surface area contributed by atoms with E-state index in [1.54, 1.807) is 0 Å². The van der Waals surface area contributed by atoms with E-state index in [2.05, 4.69) is 34.8 Å². The van der Waals surface area contributed by atoms with Crippen molar-refractivity contribution in [2.24, 2.45) is 22.9 Å². The van der Waals surface area contributed by atoms with Gasteiger partial charge in [-0.25, -0.2) is 9.59 Å². The van der Waals surface area contributed by atoms with Crippen LogP contribution in [0.15, 0.2) is 0 Å². The first-order valence-corrected chi connectivity index (χ1v) is 3.15. The maximum absolute atomic E-state index is 9.00. The van der Waals surface area contributed by atoms with Gasteiger partial charge in [0.1, 0.15) is 13.2 Å². The molecule has 0 heterocycles. The van der Waals surface area contributed by atoms with Gasteiger partial charge in [-0.3, -0.25) is 0 Å². The molecule has 0 fully saturated rings. The first-order valence-electron chi connectivity index (χ1n) is 3.15. The maximum Gasteiger partial charge on any atom is 0.309 e. The Morgan fingerprint density at radius 2 is 1.00 bits per heavy atom. The Balaban J connectivity index is -0.000000135. The lowest BCUT2D eigenvalue weighted by Crippen LogP contribution is -2.18. The Labute approximate surface area is 80.8 Å². The van der Waals surface area contributed by atoms with Crippen molar-refractivity contribution in [1.29, 1.82) is 0 Å². The fourth-order valence-corrected chi connectivity index (χ4v) is 0.112. The van der Waals surface area contributed by atoms with E-state index in [4.69, 9.17) is 19.8 Å². The molecule has 0 aromatic carbocycles. The third-order valence-corrected chi connectivity index (χ3v) is 0.283. The van der Waals surface area contributed by atoms with Gasteiger partial charge in [0.25, 0.3) is 0 Å². The van der Waals surface area contributed by atoms with Crippen molar-refractivity contribution in [3.8, 4) is 11.8 Å². The molecule has 0 atom stereocenters. The molecule has 4 amide bonds. The molecule has 0 aliphatic carbocycles. The number of hydrogen-bond donors (Lipinski definition) is 6. The topological polar surface area (TPSA) is 179 Å². The van der Waals surface area contributed by atoms with Crippen LogP contribution in [0, 0.1) is 11.8 Å². The van der Waals surface area contributed by atoms with Crippen LogP contribution in [0.4, 0.5) is 9.59 Å². The molecular formula is C6H14N4O4. The smallest absolute Gasteiger partial charge is 0.309 e. The highest BCUT2D eigenvalue weighted by Gasteiger charge is 1.61. The molecule has 0 spiro atoms. The fraction of sp³-hybridized carbons (Fsp3) is 0.333. The molecule has 8 nitrogen and oxygen atoms in total. The third-order valence-electron chi connectivity index (χ3n) is 0.283. The van der Waals surface area contributed by atoms with Crippen molar-refractivity contribution in [3.63, 3.8) is 0 Å². The Hall–Kier alpha value is -1.98. The van der Waals surface area contributed by atoms with Gasteiger partial charge >= 0.3 is 12.1 Å². The Morgan fingerprint density at radius 3 is 1.07 bits per heavy atom. The summed E-state index contributed by atoms with van der Waals surface area (Å²) in [5.41, 5.74) is 17.0. The van der Waals surface area contributed by atoms with Crippen molar-refractivity contribution >= 4 is 12.1 Å². The summed E-state index contributed by atoms with van der Waals surface area (Å²) in [6, 6.07) is -1.67. The first-order chi connectivity index (χ1) is 6.38. The van der Waals surface area contributed by atoms with Crippen LogP contribution in [0.25, 0.3) is 0 Å². The molecule has 0 unspecified atom stereocenters. The van der Waals surface area contributed by atoms with Crippen molar-refractivity contribution < 1.29 is 19.8 Å². The molecule has 0 aromatic rings. The average molecular weight is 206 g/mol. The zero-order chi connectivity index (χ0) is 12.0. The minimum absolute atomic E-state index is 0.166. The standard InChI is InChI=1S/C4H6O2.2CH4N2O/c5-3-1-2-4-6;2*2-1(3)4/h5-6H,3-4H2;2*(H4,2,3,4). The van der Waals surface area contributed by atoms with Crippen molar-refractivity contribution in [1.82, 2.24) is 0 Å². The van der Waals surface area contributed by atoms with E-state index in [1.807, 2.05) is 0 Å². The number of primary amides is 4. The van der Waals surface area contributed by atoms with Gasteiger partial charge in [0.05, 0.1) is 0 Å². The van der Waals surface area contributed by atoms with Gasteiger partial charge in [-0.2, -0.15) is 0 Å². The highest BCUT2D eigenvalue weighted by Crippen LogP contribution is 1.48. The van der Waals surface area contributed by atoms with Gasteiger partial charge in [-0.1, -0.05) is 11.8 Å². The first kappa shape index (κ1) is 17.9. The minimum atomic E-state index is -0.833. The molecule has 8 heteroatoms. The second-order valence-corrected chi connectivity index (χ2v) is 1.47. The Bertz CT molecular complexity index is 180. The van der Waals surface area contributed by atoms with E-state index in [0.717, 1.165) is 0 Å². The third kappa shape index (κ3) is 784. The molecule has 0 aliphatic heterocycles. The summed E-state index contributed by atoms with van der Waals surface area (Å²) in [5.74, 6) is 4.51. The van der Waals surface area contributed by atoms with Gasteiger partial charge in [-0.05, 0) is 0 Å². The summed E-state index contributed by atoms with van der Waals surface area (Å²) in [7, 11) is 0. The molecule has 0 saturated heterocycles. The number of rotatable bonds is 0. The summed E-state index contributed by atoms with van der Waals surface area (Å²) >= 11 is 0. The van der Waals surface area contributed by atoms with E-state index >= 15 is 0 Å². The zero-order valence-electron chi connectivity index (χ0n) is 7.43. The van der Waals surface area contributed by atoms with Gasteiger partial charge < -0.3 is 33.1 Å². The lowest BCUT2D eigenvalue weighted by molar-refractivity contribution is 0.255. The van der Waals surface area contributed by atoms with Crippen LogP contribution in [-0.4, -0.2) is 35.5 Å². The molecule has 0 radical (unpaired) electrons. The van der Waals surface area contributed by atoms with Crippen LogP contribution < -0.4 is 22.9 Å². The Kier molecular flexibility index (Phi) is 22.0. The van der Waals surface area contributed by atoms with E-state index in [1.165, 1.54) is 0 Å². The summed E-state index contributed by atoms with van der Waals surface area (Å²) < 4.78 is 0. The van der Waals surface area contributed by atoms with Crippen LogP contribution >= 0.6 is 0 Å². The van der Waals surface area contributed by atoms with Gasteiger partial charge in [0.2, 0.25) is 0 Å². The van der Waals surface area contributed by atoms with Crippen LogP contribution in [-0.2, 0) is 0 Å². The SMILES string of the molecule is NC(N)=O.NC(N)=O.OCC#CCO. The number of amides is 4. The molecule has 82 valence electrons. The largest absolute Gasteiger partial charge is 0.384 e. The van der Waals surface area contributed by atoms with Gasteiger partial charge in [0.15, 0.2) is 0 Å². The zero-order valence-corrected chi connectivity index (χ0v) is 7.43. The van der Waals surface area contributed by atoms with E-state index in [-0.39, 0.29) is 13.2 Å². The number of carbonyl (C=O) groups is 2. The van der Waals surface area contributed by atoms with E-state index < -0.39 is 12.1 Å². The van der Waals surface area contributed by atoms with Crippen molar-refractivity contribution in [2.75, 3.05) is 13.2 Å². The molecule has 0 bridgehead atoms. The molecule has 0 saturated carbocycles. The van der Waals surface area contributed by atoms with Crippen LogP contribution in [0.2, 0.25) is 0 Å². The number of nitrogens with two attached hydrogens (primary N) is 4. The second kappa shape index (κ2) is 17.2. The minimum Gasteiger partial charge on any atom is -0.384 e. The molecule has 14 heavy (non-hydrogen) atoms. The average Bonchev–Trinajstić information content (AvgIpc) is 1.98. The highest BCUT2D eigenvalue weighted by atomic mass is 16.3. The number of aliphatic hydroxyl groups is 2. The normalized spacial score (nSPS) is 6.14. The predicted molar refractivity (Wildman–Crippen MR) is 49.5 cm³/mol. The maximum atomic E-state index is 9.00. The lowest BCUT2D eigenvalue weighted by Gasteiger charge is -1.66. The van der Waals surface area contributed by atoms with Crippen LogP contribution in [0.1, 0.15) is 0 Å². The van der Waals surface area contributed by atoms with Gasteiger partial charge in [-0.15, -0.1) is 0 Å². The number of carbonyl (C=O) groups excluding carboxylic acids is 2. The predicted octanol–water partition coefficient (Wildman–Crippen LogP) is -2.98. The molecule has 10 N–H and O–H groups in total. The van der Waals surface area contributed by atoms with E-state index in [0.29, 0.717) is 0 Å². The monoisotopic (exact) mass is 206 g/mol. The second-order valence-electron chi connectivity index (χ2n) is 1.47. The summed E-state index contributed by atoms with van der Waals surface area (Å²) in [6.07, 6.45) is 0.